The van der Waals surface area contributed by atoms with Gasteiger partial charge in [0.1, 0.15) is 11.9 Å². The van der Waals surface area contributed by atoms with Crippen LogP contribution in [0.3, 0.4) is 0 Å². The van der Waals surface area contributed by atoms with E-state index in [-0.39, 0.29) is 6.10 Å². The summed E-state index contributed by atoms with van der Waals surface area (Å²) in [5, 5.41) is 2.30. The Labute approximate surface area is 131 Å². The average Bonchev–Trinajstić information content (AvgIpc) is 2.55. The summed E-state index contributed by atoms with van der Waals surface area (Å²) in [6, 6.07) is 16.0. The molecule has 1 unspecified atom stereocenters. The maximum atomic E-state index is 6.09. The highest BCUT2D eigenvalue weighted by Crippen LogP contribution is 2.35. The first kappa shape index (κ1) is 14.0. The maximum Gasteiger partial charge on any atom is 0.136 e. The predicted octanol–water partition coefficient (Wildman–Crippen LogP) is 4.08. The van der Waals surface area contributed by atoms with Crippen molar-refractivity contribution in [2.24, 2.45) is 5.73 Å². The summed E-state index contributed by atoms with van der Waals surface area (Å²) in [5.41, 5.74) is 6.88. The van der Waals surface area contributed by atoms with E-state index >= 15 is 0 Å². The molecule has 1 heterocycles. The van der Waals surface area contributed by atoms with Crippen molar-refractivity contribution in [3.8, 4) is 5.75 Å². The zero-order chi connectivity index (χ0) is 14.7. The lowest BCUT2D eigenvalue weighted by Crippen LogP contribution is -2.18. The van der Waals surface area contributed by atoms with Gasteiger partial charge in [-0.2, -0.15) is 0 Å². The lowest BCUT2D eigenvalue weighted by molar-refractivity contribution is 0.213. The van der Waals surface area contributed by atoms with Crippen LogP contribution < -0.4 is 10.5 Å². The Morgan fingerprint density at radius 2 is 1.81 bits per heavy atom. The van der Waals surface area contributed by atoms with Gasteiger partial charge in [0.2, 0.25) is 0 Å². The Bertz CT molecular complexity index is 746. The number of rotatable bonds is 4. The SMILES string of the molecule is NCC(Oc1ccc2ccccc2c1Br)c1ccncc1. The molecule has 1 atom stereocenters. The lowest BCUT2D eigenvalue weighted by Gasteiger charge is -2.19. The molecule has 3 rings (SSSR count). The molecule has 0 spiro atoms. The molecule has 0 saturated heterocycles. The van der Waals surface area contributed by atoms with E-state index in [1.165, 1.54) is 5.39 Å². The van der Waals surface area contributed by atoms with Crippen molar-refractivity contribution in [3.63, 3.8) is 0 Å². The summed E-state index contributed by atoms with van der Waals surface area (Å²) in [7, 11) is 0. The zero-order valence-electron chi connectivity index (χ0n) is 11.4. The van der Waals surface area contributed by atoms with Crippen molar-refractivity contribution in [2.45, 2.75) is 6.10 Å². The predicted molar refractivity (Wildman–Crippen MR) is 88.3 cm³/mol. The van der Waals surface area contributed by atoms with Gasteiger partial charge in [0.05, 0.1) is 4.47 Å². The number of benzene rings is 2. The molecule has 2 aromatic carbocycles. The summed E-state index contributed by atoms with van der Waals surface area (Å²) in [4.78, 5) is 4.02. The highest BCUT2D eigenvalue weighted by atomic mass is 79.9. The third-order valence-electron chi connectivity index (χ3n) is 3.39. The molecule has 0 aliphatic rings. The quantitative estimate of drug-likeness (QED) is 0.777. The first-order valence-electron chi connectivity index (χ1n) is 6.73. The molecule has 0 aliphatic carbocycles. The Morgan fingerprint density at radius 1 is 1.05 bits per heavy atom. The number of ether oxygens (including phenoxy) is 1. The van der Waals surface area contributed by atoms with Gasteiger partial charge in [-0.3, -0.25) is 4.98 Å². The number of nitrogens with zero attached hydrogens (tertiary/aromatic N) is 1. The molecule has 3 nitrogen and oxygen atoms in total. The van der Waals surface area contributed by atoms with Gasteiger partial charge in [-0.25, -0.2) is 0 Å². The largest absolute Gasteiger partial charge is 0.483 e. The second-order valence-corrected chi connectivity index (χ2v) is 5.51. The number of hydrogen-bond acceptors (Lipinski definition) is 3. The van der Waals surface area contributed by atoms with Crippen LogP contribution in [-0.4, -0.2) is 11.5 Å². The van der Waals surface area contributed by atoms with Crippen LogP contribution in [0.5, 0.6) is 5.75 Å². The minimum Gasteiger partial charge on any atom is -0.483 e. The second-order valence-electron chi connectivity index (χ2n) is 4.72. The van der Waals surface area contributed by atoms with Crippen LogP contribution in [-0.2, 0) is 0 Å². The lowest BCUT2D eigenvalue weighted by atomic mass is 10.1. The van der Waals surface area contributed by atoms with E-state index in [0.29, 0.717) is 6.54 Å². The highest BCUT2D eigenvalue weighted by molar-refractivity contribution is 9.10. The smallest absolute Gasteiger partial charge is 0.136 e. The van der Waals surface area contributed by atoms with Gasteiger partial charge < -0.3 is 10.5 Å². The number of pyridine rings is 1. The fraction of sp³-hybridized carbons (Fsp3) is 0.118. The van der Waals surface area contributed by atoms with Crippen LogP contribution in [0, 0.1) is 0 Å². The Kier molecular flexibility index (Phi) is 4.18. The van der Waals surface area contributed by atoms with E-state index in [1.807, 2.05) is 30.3 Å². The Morgan fingerprint density at radius 3 is 2.57 bits per heavy atom. The number of aromatic nitrogens is 1. The highest BCUT2D eigenvalue weighted by Gasteiger charge is 2.14. The molecule has 2 N–H and O–H groups in total. The van der Waals surface area contributed by atoms with Crippen LogP contribution in [0.2, 0.25) is 0 Å². The van der Waals surface area contributed by atoms with E-state index in [0.717, 1.165) is 21.2 Å². The molecular formula is C17H15BrN2O. The first-order valence-corrected chi connectivity index (χ1v) is 7.53. The van der Waals surface area contributed by atoms with Gasteiger partial charge in [-0.15, -0.1) is 0 Å². The van der Waals surface area contributed by atoms with Gasteiger partial charge in [0, 0.05) is 18.9 Å². The fourth-order valence-corrected chi connectivity index (χ4v) is 2.87. The summed E-state index contributed by atoms with van der Waals surface area (Å²) in [6.45, 7) is 0.406. The molecule has 0 fully saturated rings. The second kappa shape index (κ2) is 6.24. The van der Waals surface area contributed by atoms with E-state index in [1.54, 1.807) is 12.4 Å². The van der Waals surface area contributed by atoms with Crippen molar-refractivity contribution in [2.75, 3.05) is 6.54 Å². The maximum absolute atomic E-state index is 6.09. The van der Waals surface area contributed by atoms with Crippen LogP contribution >= 0.6 is 15.9 Å². The molecule has 1 aromatic heterocycles. The summed E-state index contributed by atoms with van der Waals surface area (Å²) >= 11 is 3.63. The molecule has 106 valence electrons. The van der Waals surface area contributed by atoms with Crippen LogP contribution in [0.1, 0.15) is 11.7 Å². The van der Waals surface area contributed by atoms with Crippen LogP contribution in [0.15, 0.2) is 65.4 Å². The average molecular weight is 343 g/mol. The molecule has 3 aromatic rings. The molecule has 21 heavy (non-hydrogen) atoms. The third-order valence-corrected chi connectivity index (χ3v) is 4.21. The fourth-order valence-electron chi connectivity index (χ4n) is 2.29. The van der Waals surface area contributed by atoms with Gasteiger partial charge in [-0.1, -0.05) is 30.3 Å². The number of halogens is 1. The van der Waals surface area contributed by atoms with E-state index in [9.17, 15) is 0 Å². The monoisotopic (exact) mass is 342 g/mol. The Hall–Kier alpha value is -1.91. The van der Waals surface area contributed by atoms with Crippen molar-refractivity contribution < 1.29 is 4.74 Å². The van der Waals surface area contributed by atoms with E-state index < -0.39 is 0 Å². The van der Waals surface area contributed by atoms with Gasteiger partial charge >= 0.3 is 0 Å². The zero-order valence-corrected chi connectivity index (χ0v) is 13.0. The normalized spacial score (nSPS) is 12.3. The Balaban J connectivity index is 1.95. The van der Waals surface area contributed by atoms with Crippen molar-refractivity contribution in [1.82, 2.24) is 4.98 Å². The van der Waals surface area contributed by atoms with Crippen molar-refractivity contribution >= 4 is 26.7 Å². The van der Waals surface area contributed by atoms with Crippen LogP contribution in [0.25, 0.3) is 10.8 Å². The molecule has 0 saturated carbocycles. The summed E-state index contributed by atoms with van der Waals surface area (Å²) in [5.74, 6) is 0.793. The molecule has 0 bridgehead atoms. The van der Waals surface area contributed by atoms with E-state index in [4.69, 9.17) is 10.5 Å². The topological polar surface area (TPSA) is 48.1 Å². The van der Waals surface area contributed by atoms with Gasteiger partial charge in [0.25, 0.3) is 0 Å². The number of fused-ring (bicyclic) bond motifs is 1. The van der Waals surface area contributed by atoms with E-state index in [2.05, 4.69) is 39.1 Å². The first-order chi connectivity index (χ1) is 10.3. The molecule has 0 aliphatic heterocycles. The van der Waals surface area contributed by atoms with Crippen molar-refractivity contribution in [1.29, 1.82) is 0 Å². The summed E-state index contributed by atoms with van der Waals surface area (Å²) in [6.07, 6.45) is 3.30. The van der Waals surface area contributed by atoms with Gasteiger partial charge in [0.15, 0.2) is 0 Å². The summed E-state index contributed by atoms with van der Waals surface area (Å²) < 4.78 is 7.04. The molecule has 0 radical (unpaired) electrons. The number of nitrogens with two attached hydrogens (primary N) is 1. The van der Waals surface area contributed by atoms with Crippen LogP contribution in [0.4, 0.5) is 0 Å². The minimum atomic E-state index is -0.189. The number of hydrogen-bond donors (Lipinski definition) is 1. The molecule has 4 heteroatoms. The molecule has 0 amide bonds. The standard InChI is InChI=1S/C17H15BrN2O/c18-17-14-4-2-1-3-12(14)5-6-15(17)21-16(11-19)13-7-9-20-10-8-13/h1-10,16H,11,19H2. The minimum absolute atomic E-state index is 0.189. The van der Waals surface area contributed by atoms with Crippen molar-refractivity contribution in [3.05, 3.63) is 71.0 Å². The van der Waals surface area contributed by atoms with Gasteiger partial charge in [-0.05, 0) is 50.5 Å². The molecular weight excluding hydrogens is 328 g/mol. The third kappa shape index (κ3) is 2.91.